The van der Waals surface area contributed by atoms with Gasteiger partial charge in [0.2, 0.25) is 9.50 Å². The summed E-state index contributed by atoms with van der Waals surface area (Å²) in [7, 11) is 0. The van der Waals surface area contributed by atoms with Gasteiger partial charge in [0.05, 0.1) is 17.7 Å². The Morgan fingerprint density at radius 1 is 1.27 bits per heavy atom. The van der Waals surface area contributed by atoms with Gasteiger partial charge in [-0.05, 0) is 44.1 Å². The molecule has 0 aromatic heterocycles. The minimum absolute atomic E-state index is 0.121. The lowest BCUT2D eigenvalue weighted by Gasteiger charge is -2.24. The molecular weight excluding hydrogens is 322 g/mol. The zero-order chi connectivity index (χ0) is 15.9. The van der Waals surface area contributed by atoms with E-state index in [0.29, 0.717) is 30.6 Å². The molecule has 0 saturated heterocycles. The summed E-state index contributed by atoms with van der Waals surface area (Å²) in [6, 6.07) is 6.62. The van der Waals surface area contributed by atoms with Crippen LogP contribution in [0.1, 0.15) is 40.5 Å². The van der Waals surface area contributed by atoms with Crippen molar-refractivity contribution in [2.75, 3.05) is 6.61 Å². The smallest absolute Gasteiger partial charge is 0.262 e. The van der Waals surface area contributed by atoms with Crippen molar-refractivity contribution in [1.82, 2.24) is 4.90 Å². The van der Waals surface area contributed by atoms with Crippen LogP contribution in [0.15, 0.2) is 24.3 Å². The number of hydrogen-bond donors (Lipinski definition) is 0. The third-order valence-electron chi connectivity index (χ3n) is 3.76. The first kappa shape index (κ1) is 15.2. The SMILES string of the molecule is CCOC(=S)SC(=O)C1(N2C(=O)c3ccccc3C2=O)CC1. The fraction of sp³-hybridized carbons (Fsp3) is 0.333. The lowest BCUT2D eigenvalue weighted by Crippen LogP contribution is -2.46. The molecule has 0 unspecified atom stereocenters. The third-order valence-corrected chi connectivity index (χ3v) is 4.98. The molecule has 22 heavy (non-hydrogen) atoms. The van der Waals surface area contributed by atoms with Crippen LogP contribution in [0.5, 0.6) is 0 Å². The normalized spacial score (nSPS) is 18.1. The van der Waals surface area contributed by atoms with E-state index in [0.717, 1.165) is 16.7 Å². The Morgan fingerprint density at radius 2 is 1.82 bits per heavy atom. The standard InChI is InChI=1S/C15H13NO4S2/c1-2-20-14(21)22-13(19)15(7-8-15)16-11(17)9-5-3-4-6-10(9)12(16)18/h3-6H,2,7-8H2,1H3. The number of hydrogen-bond acceptors (Lipinski definition) is 6. The molecule has 0 N–H and O–H groups in total. The number of thioether (sulfide) groups is 1. The second-order valence-electron chi connectivity index (χ2n) is 5.10. The van der Waals surface area contributed by atoms with Crippen molar-refractivity contribution < 1.29 is 19.1 Å². The van der Waals surface area contributed by atoms with E-state index >= 15 is 0 Å². The van der Waals surface area contributed by atoms with E-state index in [2.05, 4.69) is 0 Å². The third kappa shape index (κ3) is 2.24. The van der Waals surface area contributed by atoms with Crippen LogP contribution in [0.4, 0.5) is 0 Å². The number of benzene rings is 1. The van der Waals surface area contributed by atoms with Crippen LogP contribution in [0.3, 0.4) is 0 Å². The monoisotopic (exact) mass is 335 g/mol. The van der Waals surface area contributed by atoms with Crippen LogP contribution in [0.2, 0.25) is 0 Å². The summed E-state index contributed by atoms with van der Waals surface area (Å²) in [6.07, 6.45) is 0.943. The molecule has 1 aromatic rings. The Kier molecular flexibility index (Phi) is 3.78. The van der Waals surface area contributed by atoms with Gasteiger partial charge in [-0.2, -0.15) is 0 Å². The van der Waals surface area contributed by atoms with E-state index in [4.69, 9.17) is 17.0 Å². The minimum atomic E-state index is -1.07. The van der Waals surface area contributed by atoms with Gasteiger partial charge in [0.1, 0.15) is 5.54 Å². The van der Waals surface area contributed by atoms with E-state index < -0.39 is 17.4 Å². The summed E-state index contributed by atoms with van der Waals surface area (Å²) in [4.78, 5) is 38.6. The zero-order valence-electron chi connectivity index (χ0n) is 11.8. The Morgan fingerprint density at radius 3 is 2.27 bits per heavy atom. The van der Waals surface area contributed by atoms with Gasteiger partial charge in [-0.15, -0.1) is 0 Å². The lowest BCUT2D eigenvalue weighted by molar-refractivity contribution is -0.115. The van der Waals surface area contributed by atoms with Crippen molar-refractivity contribution in [2.24, 2.45) is 0 Å². The summed E-state index contributed by atoms with van der Waals surface area (Å²) in [5, 5.41) is -0.305. The number of thiocarbonyl (C=S) groups is 1. The van der Waals surface area contributed by atoms with Crippen molar-refractivity contribution in [3.63, 3.8) is 0 Å². The van der Waals surface area contributed by atoms with Crippen LogP contribution in [0.25, 0.3) is 0 Å². The Balaban J connectivity index is 1.86. The Bertz CT molecular complexity index is 662. The van der Waals surface area contributed by atoms with Crippen molar-refractivity contribution in [2.45, 2.75) is 25.3 Å². The molecule has 2 amide bonds. The number of carbonyl (C=O) groups is 3. The first-order valence-electron chi connectivity index (χ1n) is 6.88. The van der Waals surface area contributed by atoms with Gasteiger partial charge in [0.25, 0.3) is 11.8 Å². The Hall–Kier alpha value is -1.73. The first-order valence-corrected chi connectivity index (χ1v) is 8.10. The van der Waals surface area contributed by atoms with Crippen LogP contribution >= 0.6 is 24.0 Å². The minimum Gasteiger partial charge on any atom is -0.479 e. The molecular formula is C15H13NO4S2. The number of nitrogens with zero attached hydrogens (tertiary/aromatic N) is 1. The van der Waals surface area contributed by atoms with Crippen molar-refractivity contribution in [1.29, 1.82) is 0 Å². The fourth-order valence-electron chi connectivity index (χ4n) is 2.53. The molecule has 3 rings (SSSR count). The highest BCUT2D eigenvalue weighted by molar-refractivity contribution is 8.32. The second-order valence-corrected chi connectivity index (χ2v) is 6.67. The van der Waals surface area contributed by atoms with Gasteiger partial charge in [-0.1, -0.05) is 12.1 Å². The van der Waals surface area contributed by atoms with E-state index in [1.54, 1.807) is 31.2 Å². The average molecular weight is 335 g/mol. The van der Waals surface area contributed by atoms with E-state index in [1.807, 2.05) is 0 Å². The van der Waals surface area contributed by atoms with E-state index in [1.165, 1.54) is 0 Å². The molecule has 0 atom stereocenters. The summed E-state index contributed by atoms with van der Waals surface area (Å²) in [5.74, 6) is -0.816. The molecule has 0 spiro atoms. The number of amides is 2. The number of imide groups is 1. The quantitative estimate of drug-likeness (QED) is 0.624. The van der Waals surface area contributed by atoms with E-state index in [9.17, 15) is 14.4 Å². The summed E-state index contributed by atoms with van der Waals surface area (Å²) in [5.41, 5.74) is -0.369. The van der Waals surface area contributed by atoms with Crippen LogP contribution in [0, 0.1) is 0 Å². The molecule has 0 bridgehead atoms. The maximum Gasteiger partial charge on any atom is 0.262 e. The average Bonchev–Trinajstić information content (AvgIpc) is 3.24. The van der Waals surface area contributed by atoms with Crippen LogP contribution in [-0.4, -0.2) is 38.4 Å². The topological polar surface area (TPSA) is 63.7 Å². The zero-order valence-corrected chi connectivity index (χ0v) is 13.5. The summed E-state index contributed by atoms with van der Waals surface area (Å²) in [6.45, 7) is 2.15. The van der Waals surface area contributed by atoms with E-state index in [-0.39, 0.29) is 9.50 Å². The molecule has 2 aliphatic rings. The largest absolute Gasteiger partial charge is 0.479 e. The summed E-state index contributed by atoms with van der Waals surface area (Å²) < 4.78 is 5.22. The van der Waals surface area contributed by atoms with Crippen LogP contribution < -0.4 is 0 Å². The van der Waals surface area contributed by atoms with Gasteiger partial charge < -0.3 is 4.74 Å². The molecule has 1 saturated carbocycles. The lowest BCUT2D eigenvalue weighted by atomic mass is 10.1. The van der Waals surface area contributed by atoms with Gasteiger partial charge in [-0.3, -0.25) is 19.3 Å². The van der Waals surface area contributed by atoms with Crippen molar-refractivity contribution >= 4 is 45.3 Å². The highest BCUT2D eigenvalue weighted by Gasteiger charge is 2.61. The molecule has 1 heterocycles. The van der Waals surface area contributed by atoms with Gasteiger partial charge >= 0.3 is 0 Å². The molecule has 1 aliphatic heterocycles. The van der Waals surface area contributed by atoms with Gasteiger partial charge in [0, 0.05) is 11.8 Å². The first-order chi connectivity index (χ1) is 10.5. The molecule has 1 aliphatic carbocycles. The fourth-order valence-corrected chi connectivity index (χ4v) is 3.69. The molecule has 7 heteroatoms. The predicted octanol–water partition coefficient (Wildman–Crippen LogP) is 2.40. The maximum atomic E-state index is 12.5. The maximum absolute atomic E-state index is 12.5. The predicted molar refractivity (Wildman–Crippen MR) is 85.7 cm³/mol. The molecule has 5 nitrogen and oxygen atoms in total. The highest BCUT2D eigenvalue weighted by Crippen LogP contribution is 2.48. The summed E-state index contributed by atoms with van der Waals surface area (Å²) >= 11 is 5.75. The number of fused-ring (bicyclic) bond motifs is 1. The molecule has 1 fully saturated rings. The van der Waals surface area contributed by atoms with Crippen molar-refractivity contribution in [3.05, 3.63) is 35.4 Å². The highest BCUT2D eigenvalue weighted by atomic mass is 32.2. The van der Waals surface area contributed by atoms with Crippen molar-refractivity contribution in [3.8, 4) is 0 Å². The molecule has 114 valence electrons. The van der Waals surface area contributed by atoms with Gasteiger partial charge in [-0.25, -0.2) is 0 Å². The number of ether oxygens (including phenoxy) is 1. The van der Waals surface area contributed by atoms with Gasteiger partial charge in [0.15, 0.2) is 0 Å². The van der Waals surface area contributed by atoms with Crippen LogP contribution in [-0.2, 0) is 9.53 Å². The second kappa shape index (κ2) is 5.48. The number of rotatable bonds is 3. The molecule has 0 radical (unpaired) electrons. The number of carbonyl (C=O) groups excluding carboxylic acids is 3. The molecule has 1 aromatic carbocycles. The Labute approximate surface area is 137 Å².